The fourth-order valence-electron chi connectivity index (χ4n) is 2.40. The lowest BCUT2D eigenvalue weighted by atomic mass is 10.00. The summed E-state index contributed by atoms with van der Waals surface area (Å²) in [5, 5.41) is 9.28. The van der Waals surface area contributed by atoms with Crippen LogP contribution in [0, 0.1) is 6.92 Å². The number of aromatic nitrogens is 1. The van der Waals surface area contributed by atoms with Gasteiger partial charge in [0.25, 0.3) is 0 Å². The molecule has 0 spiro atoms. The molecular formula is C16H14N2O3S. The Balaban J connectivity index is 2.29. The van der Waals surface area contributed by atoms with Crippen LogP contribution in [-0.4, -0.2) is 13.6 Å². The van der Waals surface area contributed by atoms with Crippen molar-refractivity contribution in [2.45, 2.75) is 11.8 Å². The van der Waals surface area contributed by atoms with Gasteiger partial charge in [-0.1, -0.05) is 47.6 Å². The molecule has 0 aliphatic heterocycles. The molecule has 0 saturated heterocycles. The van der Waals surface area contributed by atoms with Gasteiger partial charge in [-0.2, -0.15) is 0 Å². The number of benzene rings is 2. The summed E-state index contributed by atoms with van der Waals surface area (Å²) in [7, 11) is -3.86. The molecule has 0 fully saturated rings. The predicted octanol–water partition coefficient (Wildman–Crippen LogP) is 2.96. The van der Waals surface area contributed by atoms with Crippen LogP contribution >= 0.6 is 0 Å². The lowest BCUT2D eigenvalue weighted by Crippen LogP contribution is -2.13. The fourth-order valence-corrected chi connectivity index (χ4v) is 3.14. The Labute approximate surface area is 128 Å². The van der Waals surface area contributed by atoms with Crippen LogP contribution in [0.3, 0.4) is 0 Å². The van der Waals surface area contributed by atoms with Gasteiger partial charge in [0, 0.05) is 5.56 Å². The monoisotopic (exact) mass is 314 g/mol. The Bertz CT molecular complexity index is 916. The molecule has 1 heterocycles. The summed E-state index contributed by atoms with van der Waals surface area (Å²) in [6.45, 7) is 1.81. The number of hydrogen-bond acceptors (Lipinski definition) is 4. The van der Waals surface area contributed by atoms with Gasteiger partial charge in [-0.3, -0.25) is 0 Å². The van der Waals surface area contributed by atoms with Crippen LogP contribution in [0.2, 0.25) is 0 Å². The summed E-state index contributed by atoms with van der Waals surface area (Å²) in [6.07, 6.45) is 0. The molecule has 3 aromatic rings. The number of nitrogens with two attached hydrogens (primary N) is 1. The Morgan fingerprint density at radius 1 is 1.00 bits per heavy atom. The van der Waals surface area contributed by atoms with Gasteiger partial charge in [0.05, 0.1) is 16.2 Å². The Hall–Kier alpha value is -2.44. The van der Waals surface area contributed by atoms with E-state index < -0.39 is 10.0 Å². The van der Waals surface area contributed by atoms with E-state index in [1.807, 2.05) is 37.3 Å². The lowest BCUT2D eigenvalue weighted by Gasteiger charge is -2.07. The molecule has 1 aromatic heterocycles. The van der Waals surface area contributed by atoms with Crippen LogP contribution in [-0.2, 0) is 10.0 Å². The van der Waals surface area contributed by atoms with Gasteiger partial charge in [-0.25, -0.2) is 13.6 Å². The van der Waals surface area contributed by atoms with Gasteiger partial charge < -0.3 is 4.52 Å². The Morgan fingerprint density at radius 3 is 2.32 bits per heavy atom. The minimum absolute atomic E-state index is 0.0170. The zero-order chi connectivity index (χ0) is 15.7. The Kier molecular flexibility index (Phi) is 3.56. The average molecular weight is 314 g/mol. The second kappa shape index (κ2) is 5.40. The minimum Gasteiger partial charge on any atom is -0.355 e. The second-order valence-corrected chi connectivity index (χ2v) is 6.41. The highest BCUT2D eigenvalue weighted by molar-refractivity contribution is 7.89. The maximum absolute atomic E-state index is 11.8. The summed E-state index contributed by atoms with van der Waals surface area (Å²) in [5.74, 6) is 0.397. The van der Waals surface area contributed by atoms with Crippen molar-refractivity contribution < 1.29 is 12.9 Å². The summed E-state index contributed by atoms with van der Waals surface area (Å²) in [6, 6.07) is 16.0. The molecule has 0 radical (unpaired) electrons. The lowest BCUT2D eigenvalue weighted by molar-refractivity contribution is 0.426. The maximum Gasteiger partial charge on any atom is 0.238 e. The standard InChI is InChI=1S/C16H14N2O3S/c1-11-15(12-7-3-2-4-8-12)16(21-18-11)13-9-5-6-10-14(13)22(17,19)20/h2-10H,1H3,(H2,17,19,20). The van der Waals surface area contributed by atoms with E-state index in [1.165, 1.54) is 6.07 Å². The minimum atomic E-state index is -3.86. The summed E-state index contributed by atoms with van der Waals surface area (Å²) >= 11 is 0. The van der Waals surface area contributed by atoms with E-state index in [2.05, 4.69) is 5.16 Å². The normalized spacial score (nSPS) is 11.5. The van der Waals surface area contributed by atoms with Crippen molar-refractivity contribution in [2.75, 3.05) is 0 Å². The molecule has 0 atom stereocenters. The molecule has 0 amide bonds. The van der Waals surface area contributed by atoms with E-state index in [4.69, 9.17) is 9.66 Å². The quantitative estimate of drug-likeness (QED) is 0.805. The molecule has 0 aliphatic carbocycles. The molecular weight excluding hydrogens is 300 g/mol. The summed E-state index contributed by atoms with van der Waals surface area (Å²) in [4.78, 5) is 0.0170. The highest BCUT2D eigenvalue weighted by atomic mass is 32.2. The zero-order valence-corrected chi connectivity index (χ0v) is 12.7. The van der Waals surface area contributed by atoms with E-state index in [0.717, 1.165) is 11.1 Å². The number of nitrogens with zero attached hydrogens (tertiary/aromatic N) is 1. The van der Waals surface area contributed by atoms with E-state index in [0.29, 0.717) is 17.0 Å². The van der Waals surface area contributed by atoms with E-state index in [9.17, 15) is 8.42 Å². The molecule has 6 heteroatoms. The second-order valence-electron chi connectivity index (χ2n) is 4.88. The molecule has 2 N–H and O–H groups in total. The third-order valence-corrected chi connectivity index (χ3v) is 4.33. The number of sulfonamides is 1. The molecule has 0 unspecified atom stereocenters. The fraction of sp³-hybridized carbons (Fsp3) is 0.0625. The molecule has 22 heavy (non-hydrogen) atoms. The van der Waals surface area contributed by atoms with Gasteiger partial charge in [0.15, 0.2) is 5.76 Å². The first-order valence-electron chi connectivity index (χ1n) is 6.62. The van der Waals surface area contributed by atoms with Crippen molar-refractivity contribution in [1.82, 2.24) is 5.16 Å². The van der Waals surface area contributed by atoms with Crippen molar-refractivity contribution in [1.29, 1.82) is 0 Å². The van der Waals surface area contributed by atoms with Crippen LogP contribution in [0.25, 0.3) is 22.5 Å². The van der Waals surface area contributed by atoms with Crippen molar-refractivity contribution >= 4 is 10.0 Å². The summed E-state index contributed by atoms with van der Waals surface area (Å²) < 4.78 is 29.0. The number of aryl methyl sites for hydroxylation is 1. The van der Waals surface area contributed by atoms with E-state index in [1.54, 1.807) is 18.2 Å². The van der Waals surface area contributed by atoms with Crippen molar-refractivity contribution in [3.63, 3.8) is 0 Å². The number of primary sulfonamides is 1. The van der Waals surface area contributed by atoms with Crippen LogP contribution in [0.4, 0.5) is 0 Å². The third-order valence-electron chi connectivity index (χ3n) is 3.36. The highest BCUT2D eigenvalue weighted by Gasteiger charge is 2.22. The van der Waals surface area contributed by atoms with Crippen molar-refractivity contribution in [3.05, 3.63) is 60.3 Å². The van der Waals surface area contributed by atoms with E-state index in [-0.39, 0.29) is 4.90 Å². The third kappa shape index (κ3) is 2.54. The van der Waals surface area contributed by atoms with Gasteiger partial charge in [0.1, 0.15) is 0 Å². The zero-order valence-electron chi connectivity index (χ0n) is 11.9. The molecule has 0 saturated carbocycles. The van der Waals surface area contributed by atoms with Crippen molar-refractivity contribution in [3.8, 4) is 22.5 Å². The predicted molar refractivity (Wildman–Crippen MR) is 83.5 cm³/mol. The smallest absolute Gasteiger partial charge is 0.238 e. The largest absolute Gasteiger partial charge is 0.355 e. The molecule has 3 rings (SSSR count). The van der Waals surface area contributed by atoms with Crippen molar-refractivity contribution in [2.24, 2.45) is 5.14 Å². The molecule has 0 bridgehead atoms. The van der Waals surface area contributed by atoms with E-state index >= 15 is 0 Å². The van der Waals surface area contributed by atoms with Gasteiger partial charge >= 0.3 is 0 Å². The van der Waals surface area contributed by atoms with Crippen LogP contribution in [0.15, 0.2) is 64.0 Å². The van der Waals surface area contributed by atoms with Gasteiger partial charge in [-0.05, 0) is 24.6 Å². The van der Waals surface area contributed by atoms with Gasteiger partial charge in [-0.15, -0.1) is 0 Å². The average Bonchev–Trinajstić information content (AvgIpc) is 2.89. The maximum atomic E-state index is 11.8. The summed E-state index contributed by atoms with van der Waals surface area (Å²) in [5.41, 5.74) is 2.76. The topological polar surface area (TPSA) is 86.2 Å². The van der Waals surface area contributed by atoms with Crippen LogP contribution in [0.1, 0.15) is 5.69 Å². The first-order chi connectivity index (χ1) is 10.5. The van der Waals surface area contributed by atoms with Crippen LogP contribution < -0.4 is 5.14 Å². The molecule has 5 nitrogen and oxygen atoms in total. The Morgan fingerprint density at radius 2 is 1.64 bits per heavy atom. The molecule has 112 valence electrons. The molecule has 0 aliphatic rings. The number of hydrogen-bond donors (Lipinski definition) is 1. The molecule has 2 aromatic carbocycles. The number of rotatable bonds is 3. The first kappa shape index (κ1) is 14.5. The highest BCUT2D eigenvalue weighted by Crippen LogP contribution is 2.37. The van der Waals surface area contributed by atoms with Crippen LogP contribution in [0.5, 0.6) is 0 Å². The SMILES string of the molecule is Cc1noc(-c2ccccc2S(N)(=O)=O)c1-c1ccccc1. The van der Waals surface area contributed by atoms with Gasteiger partial charge in [0.2, 0.25) is 10.0 Å². The first-order valence-corrected chi connectivity index (χ1v) is 8.17.